The Bertz CT molecular complexity index is 1070. The molecule has 1 amide bonds. The third-order valence-electron chi connectivity index (χ3n) is 3.61. The van der Waals surface area contributed by atoms with Crippen molar-refractivity contribution in [1.82, 2.24) is 14.3 Å². The molecule has 0 aliphatic carbocycles. The number of benzene rings is 1. The monoisotopic (exact) mass is 314 g/mol. The lowest BCUT2D eigenvalue weighted by Gasteiger charge is -2.11. The minimum atomic E-state index is -3.22. The number of aromatic nitrogens is 2. The van der Waals surface area contributed by atoms with Crippen molar-refractivity contribution in [3.63, 3.8) is 0 Å². The van der Waals surface area contributed by atoms with E-state index in [2.05, 4.69) is 4.98 Å². The Morgan fingerprint density at radius 1 is 1.17 bits per heavy atom. The van der Waals surface area contributed by atoms with Crippen LogP contribution in [0.1, 0.15) is 26.4 Å². The van der Waals surface area contributed by atoms with Crippen LogP contribution in [0.4, 0.5) is 0 Å². The van der Waals surface area contributed by atoms with Crippen molar-refractivity contribution in [2.75, 3.05) is 14.0 Å². The van der Waals surface area contributed by atoms with Crippen LogP contribution in [0.5, 0.6) is 0 Å². The molecule has 3 aromatic rings. The van der Waals surface area contributed by atoms with Crippen LogP contribution in [0.15, 0.2) is 42.6 Å². The summed E-state index contributed by atoms with van der Waals surface area (Å²) >= 11 is 0. The van der Waals surface area contributed by atoms with Gasteiger partial charge in [-0.1, -0.05) is 35.9 Å². The molecule has 3 rings (SSSR count). The summed E-state index contributed by atoms with van der Waals surface area (Å²) in [6.45, 7) is -2.70. The summed E-state index contributed by atoms with van der Waals surface area (Å²) in [6.07, 6.45) is -0.127. The van der Waals surface area contributed by atoms with Gasteiger partial charge in [0, 0.05) is 35.3 Å². The van der Waals surface area contributed by atoms with E-state index in [0.717, 1.165) is 11.1 Å². The molecule has 0 spiro atoms. The molecule has 23 heavy (non-hydrogen) atoms. The first-order valence-electron chi connectivity index (χ1n) is 10.7. The molecule has 0 bridgehead atoms. The van der Waals surface area contributed by atoms with E-state index in [1.165, 1.54) is 4.40 Å². The molecular formula is C19H21N3O. The van der Waals surface area contributed by atoms with E-state index in [0.29, 0.717) is 16.9 Å². The first-order chi connectivity index (χ1) is 13.8. The fourth-order valence-corrected chi connectivity index (χ4v) is 2.41. The summed E-state index contributed by atoms with van der Waals surface area (Å²) in [5, 5.41) is 0. The van der Waals surface area contributed by atoms with Crippen molar-refractivity contribution in [3.8, 4) is 11.3 Å². The van der Waals surface area contributed by atoms with E-state index in [9.17, 15) is 4.79 Å². The highest BCUT2D eigenvalue weighted by molar-refractivity contribution is 5.81. The Morgan fingerprint density at radius 2 is 1.87 bits per heavy atom. The first-order valence-corrected chi connectivity index (χ1v) is 7.13. The maximum Gasteiger partial charge on any atom is 0.228 e. The van der Waals surface area contributed by atoms with Crippen molar-refractivity contribution >= 4 is 11.6 Å². The largest absolute Gasteiger partial charge is 0.348 e. The van der Waals surface area contributed by atoms with E-state index in [1.807, 2.05) is 32.0 Å². The second kappa shape index (κ2) is 5.88. The summed E-state index contributed by atoms with van der Waals surface area (Å²) in [7, 11) is 0. The molecule has 1 unspecified atom stereocenters. The summed E-state index contributed by atoms with van der Waals surface area (Å²) in [5.41, 5.74) is 3.38. The van der Waals surface area contributed by atoms with Crippen molar-refractivity contribution < 1.29 is 14.4 Å². The van der Waals surface area contributed by atoms with Crippen LogP contribution >= 0.6 is 0 Å². The van der Waals surface area contributed by atoms with Crippen molar-refractivity contribution in [3.05, 3.63) is 59.4 Å². The fraction of sp³-hybridized carbons (Fsp3) is 0.263. The average Bonchev–Trinajstić information content (AvgIpc) is 2.97. The van der Waals surface area contributed by atoms with Gasteiger partial charge < -0.3 is 9.30 Å². The molecule has 1 atom stereocenters. The number of likely N-dealkylation sites (N-methyl/N-ethyl adjacent to an activating group) is 1. The maximum atomic E-state index is 13.0. The number of carbonyl (C=O) groups is 1. The Labute approximate surface area is 146 Å². The van der Waals surface area contributed by atoms with Gasteiger partial charge in [0.1, 0.15) is 5.65 Å². The van der Waals surface area contributed by atoms with Gasteiger partial charge in [-0.15, -0.1) is 0 Å². The van der Waals surface area contributed by atoms with Crippen LogP contribution in [0.3, 0.4) is 0 Å². The van der Waals surface area contributed by atoms with Gasteiger partial charge >= 0.3 is 0 Å². The van der Waals surface area contributed by atoms with E-state index < -0.39 is 26.3 Å². The molecule has 4 nitrogen and oxygen atoms in total. The number of fused-ring (bicyclic) bond motifs is 1. The van der Waals surface area contributed by atoms with E-state index in [-0.39, 0.29) is 10.6 Å². The van der Waals surface area contributed by atoms with Crippen LogP contribution in [0.2, 0.25) is 0 Å². The lowest BCUT2D eigenvalue weighted by atomic mass is 10.1. The van der Waals surface area contributed by atoms with Gasteiger partial charge in [-0.3, -0.25) is 4.79 Å². The predicted molar refractivity (Wildman–Crippen MR) is 92.5 cm³/mol. The molecule has 0 aliphatic rings. The van der Waals surface area contributed by atoms with Crippen LogP contribution in [0, 0.1) is 13.8 Å². The summed E-state index contributed by atoms with van der Waals surface area (Å²) < 4.78 is 55.1. The third kappa shape index (κ3) is 2.97. The first kappa shape index (κ1) is 8.87. The second-order valence-corrected chi connectivity index (χ2v) is 5.46. The summed E-state index contributed by atoms with van der Waals surface area (Å²) in [6, 6.07) is 10.8. The van der Waals surface area contributed by atoms with Crippen LogP contribution in [-0.2, 0) is 11.2 Å². The third-order valence-corrected chi connectivity index (χ3v) is 3.61. The second-order valence-electron chi connectivity index (χ2n) is 5.46. The van der Waals surface area contributed by atoms with E-state index in [4.69, 9.17) is 9.60 Å². The topological polar surface area (TPSA) is 37.6 Å². The number of aryl methyl sites for hydroxylation is 2. The molecular weight excluding hydrogens is 286 g/mol. The van der Waals surface area contributed by atoms with Crippen molar-refractivity contribution in [2.24, 2.45) is 0 Å². The fourth-order valence-electron chi connectivity index (χ4n) is 2.41. The Morgan fingerprint density at radius 3 is 2.57 bits per heavy atom. The molecule has 0 saturated carbocycles. The molecule has 0 aliphatic heterocycles. The lowest BCUT2D eigenvalue weighted by molar-refractivity contribution is -0.128. The normalized spacial score (nSPS) is 17.9. The molecule has 4 heteroatoms. The Kier molecular flexibility index (Phi) is 2.27. The van der Waals surface area contributed by atoms with Gasteiger partial charge in [0.2, 0.25) is 5.91 Å². The number of nitrogens with zero attached hydrogens (tertiary/aromatic N) is 3. The zero-order chi connectivity index (χ0) is 22.4. The van der Waals surface area contributed by atoms with Crippen LogP contribution in [0.25, 0.3) is 16.9 Å². The molecule has 0 radical (unpaired) electrons. The lowest BCUT2D eigenvalue weighted by Crippen LogP contribution is -2.24. The number of carbonyl (C=O) groups excluding carboxylic acids is 1. The predicted octanol–water partition coefficient (Wildman–Crippen LogP) is 3.25. The molecule has 0 saturated heterocycles. The average molecular weight is 314 g/mol. The number of rotatable bonds is 3. The SMILES string of the molecule is [2H]C(C(=O)N(C([2H])([2H])[2H])C([2H])([2H])[2H])c1c(-c2ccc(C)cc2)nc2ccc(C)cn12. The van der Waals surface area contributed by atoms with Gasteiger partial charge in [0.25, 0.3) is 0 Å². The molecule has 0 N–H and O–H groups in total. The summed E-state index contributed by atoms with van der Waals surface area (Å²) in [4.78, 5) is 17.3. The summed E-state index contributed by atoms with van der Waals surface area (Å²) in [5.74, 6) is -1.34. The minimum absolute atomic E-state index is 0.112. The highest BCUT2D eigenvalue weighted by Crippen LogP contribution is 2.26. The zero-order valence-electron chi connectivity index (χ0n) is 19.9. The van der Waals surface area contributed by atoms with Gasteiger partial charge in [-0.25, -0.2) is 4.98 Å². The highest BCUT2D eigenvalue weighted by atomic mass is 16.2. The van der Waals surface area contributed by atoms with Gasteiger partial charge in [-0.05, 0) is 25.5 Å². The van der Waals surface area contributed by atoms with E-state index in [1.54, 1.807) is 24.4 Å². The minimum Gasteiger partial charge on any atom is -0.348 e. The number of pyridine rings is 1. The number of amides is 1. The molecule has 1 aromatic carbocycles. The quantitative estimate of drug-likeness (QED) is 0.744. The Hall–Kier alpha value is -2.62. The number of hydrogen-bond acceptors (Lipinski definition) is 2. The standard InChI is InChI=1S/C19H21N3O/c1-13-5-8-15(9-6-13)19-16(11-18(23)21(3)4)22-12-14(2)7-10-17(22)20-19/h5-10,12H,11H2,1-4H3/i3D3,4D3,11D. The van der Waals surface area contributed by atoms with Gasteiger partial charge in [-0.2, -0.15) is 0 Å². The number of imidazole rings is 1. The molecule has 0 fully saturated rings. The maximum absolute atomic E-state index is 13.0. The van der Waals surface area contributed by atoms with Gasteiger partial charge in [0.05, 0.1) is 17.8 Å². The molecule has 2 heterocycles. The van der Waals surface area contributed by atoms with Crippen molar-refractivity contribution in [1.29, 1.82) is 0 Å². The highest BCUT2D eigenvalue weighted by Gasteiger charge is 2.18. The smallest absolute Gasteiger partial charge is 0.228 e. The molecule has 2 aromatic heterocycles. The number of hydrogen-bond donors (Lipinski definition) is 0. The van der Waals surface area contributed by atoms with Crippen LogP contribution in [-0.4, -0.2) is 34.1 Å². The zero-order valence-corrected chi connectivity index (χ0v) is 12.9. The molecule has 118 valence electrons. The Balaban J connectivity index is 2.22. The van der Waals surface area contributed by atoms with Crippen molar-refractivity contribution in [2.45, 2.75) is 20.2 Å². The van der Waals surface area contributed by atoms with E-state index >= 15 is 0 Å². The van der Waals surface area contributed by atoms with Gasteiger partial charge in [0.15, 0.2) is 0 Å². The van der Waals surface area contributed by atoms with Crippen LogP contribution < -0.4 is 0 Å².